The summed E-state index contributed by atoms with van der Waals surface area (Å²) in [4.78, 5) is 4.27. The van der Waals surface area contributed by atoms with Gasteiger partial charge in [-0.25, -0.2) is 4.68 Å². The van der Waals surface area contributed by atoms with Gasteiger partial charge in [-0.15, -0.1) is 0 Å². The number of aromatic nitrogens is 3. The summed E-state index contributed by atoms with van der Waals surface area (Å²) in [7, 11) is 0. The maximum Gasteiger partial charge on any atom is 0.103 e. The third-order valence-electron chi connectivity index (χ3n) is 3.16. The fourth-order valence-electron chi connectivity index (χ4n) is 2.07. The number of aliphatic hydroxyl groups is 1. The van der Waals surface area contributed by atoms with E-state index in [-0.39, 0.29) is 0 Å². The highest BCUT2D eigenvalue weighted by Crippen LogP contribution is 2.18. The highest BCUT2D eigenvalue weighted by atomic mass is 79.9. The smallest absolute Gasteiger partial charge is 0.103 e. The van der Waals surface area contributed by atoms with Crippen LogP contribution in [0.1, 0.15) is 17.5 Å². The molecule has 0 amide bonds. The van der Waals surface area contributed by atoms with E-state index >= 15 is 0 Å². The van der Waals surface area contributed by atoms with Crippen molar-refractivity contribution >= 4 is 15.9 Å². The monoisotopic (exact) mass is 343 g/mol. The van der Waals surface area contributed by atoms with Crippen LogP contribution >= 0.6 is 15.9 Å². The molecule has 0 bridgehead atoms. The summed E-state index contributed by atoms with van der Waals surface area (Å²) in [6.45, 7) is 0. The van der Waals surface area contributed by atoms with Crippen molar-refractivity contribution in [3.63, 3.8) is 0 Å². The topological polar surface area (TPSA) is 50.9 Å². The molecule has 1 unspecified atom stereocenters. The van der Waals surface area contributed by atoms with Gasteiger partial charge in [-0.2, -0.15) is 5.10 Å². The molecule has 3 aromatic rings. The van der Waals surface area contributed by atoms with Gasteiger partial charge in [-0.3, -0.25) is 4.98 Å². The lowest BCUT2D eigenvalue weighted by Crippen LogP contribution is -2.05. The number of pyridine rings is 1. The van der Waals surface area contributed by atoms with Crippen molar-refractivity contribution in [1.82, 2.24) is 14.8 Å². The molecule has 0 fully saturated rings. The van der Waals surface area contributed by atoms with Crippen LogP contribution in [0.3, 0.4) is 0 Å². The van der Waals surface area contributed by atoms with Gasteiger partial charge in [0.2, 0.25) is 0 Å². The molecule has 21 heavy (non-hydrogen) atoms. The highest BCUT2D eigenvalue weighted by Gasteiger charge is 2.13. The van der Waals surface area contributed by atoms with E-state index < -0.39 is 6.10 Å². The fraction of sp³-hybridized carbons (Fsp3) is 0.125. The Morgan fingerprint density at radius 1 is 1.10 bits per heavy atom. The van der Waals surface area contributed by atoms with Gasteiger partial charge in [-0.1, -0.05) is 18.2 Å². The second-order valence-corrected chi connectivity index (χ2v) is 5.62. The Kier molecular flexibility index (Phi) is 4.13. The molecule has 0 aliphatic heterocycles. The molecule has 1 aromatic carbocycles. The third kappa shape index (κ3) is 3.37. The average molecular weight is 344 g/mol. The van der Waals surface area contributed by atoms with Crippen molar-refractivity contribution in [3.8, 4) is 5.69 Å². The molecule has 4 nitrogen and oxygen atoms in total. The minimum Gasteiger partial charge on any atom is -0.386 e. The Bertz CT molecular complexity index is 710. The number of hydrogen-bond acceptors (Lipinski definition) is 3. The van der Waals surface area contributed by atoms with Gasteiger partial charge < -0.3 is 5.11 Å². The van der Waals surface area contributed by atoms with E-state index in [0.29, 0.717) is 12.1 Å². The molecule has 0 saturated carbocycles. The Balaban J connectivity index is 1.75. The first kappa shape index (κ1) is 14.0. The minimum atomic E-state index is -0.663. The number of halogens is 1. The molecular weight excluding hydrogens is 330 g/mol. The summed E-state index contributed by atoms with van der Waals surface area (Å²) in [6.07, 6.45) is 3.36. The predicted octanol–water partition coefficient (Wildman–Crippen LogP) is 3.31. The molecule has 2 aromatic heterocycles. The van der Waals surface area contributed by atoms with E-state index in [1.165, 1.54) is 0 Å². The molecule has 0 radical (unpaired) electrons. The first-order valence-corrected chi connectivity index (χ1v) is 7.41. The maximum absolute atomic E-state index is 10.3. The van der Waals surface area contributed by atoms with Gasteiger partial charge in [0.05, 0.1) is 11.4 Å². The summed E-state index contributed by atoms with van der Waals surface area (Å²) < 4.78 is 2.68. The Hall–Kier alpha value is -1.98. The lowest BCUT2D eigenvalue weighted by atomic mass is 10.1. The molecule has 1 N–H and O–H groups in total. The van der Waals surface area contributed by atoms with Crippen molar-refractivity contribution in [2.24, 2.45) is 0 Å². The molecule has 106 valence electrons. The molecule has 1 atom stereocenters. The first-order valence-electron chi connectivity index (χ1n) is 6.62. The number of hydrogen-bond donors (Lipinski definition) is 1. The zero-order valence-electron chi connectivity index (χ0n) is 11.2. The van der Waals surface area contributed by atoms with Gasteiger partial charge in [0.1, 0.15) is 6.10 Å². The van der Waals surface area contributed by atoms with Crippen molar-refractivity contribution in [1.29, 1.82) is 0 Å². The van der Waals surface area contributed by atoms with E-state index in [1.807, 2.05) is 54.7 Å². The number of para-hydroxylation sites is 1. The number of aliphatic hydroxyl groups excluding tert-OH is 1. The maximum atomic E-state index is 10.3. The van der Waals surface area contributed by atoms with Crippen LogP contribution in [0.25, 0.3) is 5.69 Å². The minimum absolute atomic E-state index is 0.444. The lowest BCUT2D eigenvalue weighted by molar-refractivity contribution is 0.172. The van der Waals surface area contributed by atoms with E-state index in [0.717, 1.165) is 15.9 Å². The van der Waals surface area contributed by atoms with Crippen molar-refractivity contribution in [2.45, 2.75) is 12.5 Å². The van der Waals surface area contributed by atoms with Gasteiger partial charge >= 0.3 is 0 Å². The van der Waals surface area contributed by atoms with Gasteiger partial charge in [0.25, 0.3) is 0 Å². The number of nitrogens with zero attached hydrogens (tertiary/aromatic N) is 3. The van der Waals surface area contributed by atoms with Crippen LogP contribution in [-0.4, -0.2) is 19.9 Å². The molecule has 0 aliphatic carbocycles. The van der Waals surface area contributed by atoms with Gasteiger partial charge in [0.15, 0.2) is 0 Å². The van der Waals surface area contributed by atoms with E-state index in [9.17, 15) is 5.11 Å². The van der Waals surface area contributed by atoms with Crippen LogP contribution in [0.5, 0.6) is 0 Å². The van der Waals surface area contributed by atoms with Crippen LogP contribution in [0.2, 0.25) is 0 Å². The van der Waals surface area contributed by atoms with Crippen molar-refractivity contribution < 1.29 is 5.11 Å². The standard InChI is InChI=1S/C16H14BrN3O/c17-12-6-7-13(18-11-12)10-16(21)15-8-9-20(19-15)14-4-2-1-3-5-14/h1-9,11,16,21H,10H2. The molecule has 0 saturated heterocycles. The number of benzene rings is 1. The third-order valence-corrected chi connectivity index (χ3v) is 3.63. The van der Waals surface area contributed by atoms with Crippen LogP contribution in [0.15, 0.2) is 65.4 Å². The summed E-state index contributed by atoms with van der Waals surface area (Å²) in [5.74, 6) is 0. The second kappa shape index (κ2) is 6.20. The summed E-state index contributed by atoms with van der Waals surface area (Å²) >= 11 is 3.35. The summed E-state index contributed by atoms with van der Waals surface area (Å²) in [5, 5.41) is 14.7. The van der Waals surface area contributed by atoms with Crippen LogP contribution in [0.4, 0.5) is 0 Å². The summed E-state index contributed by atoms with van der Waals surface area (Å²) in [5.41, 5.74) is 2.45. The van der Waals surface area contributed by atoms with Crippen molar-refractivity contribution in [3.05, 3.63) is 76.8 Å². The van der Waals surface area contributed by atoms with Gasteiger partial charge in [0, 0.05) is 29.0 Å². The van der Waals surface area contributed by atoms with Gasteiger partial charge in [-0.05, 0) is 46.3 Å². The molecule has 0 spiro atoms. The SMILES string of the molecule is OC(Cc1ccc(Br)cn1)c1ccn(-c2ccccc2)n1. The highest BCUT2D eigenvalue weighted by molar-refractivity contribution is 9.10. The van der Waals surface area contributed by atoms with Crippen molar-refractivity contribution in [2.75, 3.05) is 0 Å². The summed E-state index contributed by atoms with van der Waals surface area (Å²) in [6, 6.07) is 15.5. The van der Waals surface area contributed by atoms with Crippen LogP contribution in [0, 0.1) is 0 Å². The Morgan fingerprint density at radius 2 is 1.90 bits per heavy atom. The number of rotatable bonds is 4. The largest absolute Gasteiger partial charge is 0.386 e. The average Bonchev–Trinajstić information content (AvgIpc) is 3.00. The zero-order chi connectivity index (χ0) is 14.7. The van der Waals surface area contributed by atoms with E-state index in [4.69, 9.17) is 0 Å². The Morgan fingerprint density at radius 3 is 2.62 bits per heavy atom. The van der Waals surface area contributed by atoms with E-state index in [2.05, 4.69) is 26.0 Å². The molecule has 3 rings (SSSR count). The van der Waals surface area contributed by atoms with Crippen LogP contribution in [-0.2, 0) is 6.42 Å². The van der Waals surface area contributed by atoms with E-state index in [1.54, 1.807) is 10.9 Å². The molecule has 2 heterocycles. The normalized spacial score (nSPS) is 12.3. The van der Waals surface area contributed by atoms with Crippen LogP contribution < -0.4 is 0 Å². The fourth-order valence-corrected chi connectivity index (χ4v) is 2.30. The Labute approximate surface area is 131 Å². The zero-order valence-corrected chi connectivity index (χ0v) is 12.8. The quantitative estimate of drug-likeness (QED) is 0.790. The molecule has 5 heteroatoms. The lowest BCUT2D eigenvalue weighted by Gasteiger charge is -2.07. The molecular formula is C16H14BrN3O. The first-order chi connectivity index (χ1) is 10.2. The predicted molar refractivity (Wildman–Crippen MR) is 84.2 cm³/mol. The molecule has 0 aliphatic rings. The second-order valence-electron chi connectivity index (χ2n) is 4.71.